The van der Waals surface area contributed by atoms with Crippen LogP contribution in [-0.2, 0) is 0 Å². The number of carbonyl (C=O) groups is 1. The predicted octanol–water partition coefficient (Wildman–Crippen LogP) is 4.23. The van der Waals surface area contributed by atoms with Gasteiger partial charge in [0.05, 0.1) is 0 Å². The molecule has 0 atom stereocenters. The summed E-state index contributed by atoms with van der Waals surface area (Å²) in [7, 11) is 0. The highest BCUT2D eigenvalue weighted by molar-refractivity contribution is 5.94. The number of nitrogens with one attached hydrogen (secondary N) is 1. The summed E-state index contributed by atoms with van der Waals surface area (Å²) in [6.07, 6.45) is -4.39. The lowest BCUT2D eigenvalue weighted by molar-refractivity contribution is -0.123. The van der Waals surface area contributed by atoms with E-state index in [1.807, 2.05) is 39.1 Å². The third-order valence-electron chi connectivity index (χ3n) is 3.04. The van der Waals surface area contributed by atoms with E-state index in [9.17, 15) is 18.0 Å². The first kappa shape index (κ1) is 16.5. The second-order valence-corrected chi connectivity index (χ2v) is 5.45. The molecule has 0 spiro atoms. The van der Waals surface area contributed by atoms with Crippen LogP contribution in [0.25, 0.3) is 0 Å². The lowest BCUT2D eigenvalue weighted by atomic mass is 9.89. The Labute approximate surface area is 117 Å². The molecule has 0 aromatic heterocycles. The molecule has 20 heavy (non-hydrogen) atoms. The summed E-state index contributed by atoms with van der Waals surface area (Å²) in [5.74, 6) is -0.179. The SMILES string of the molecule is CC(C)c1ccc(C(=O)NCC(F)(F)F)cc1C(C)C. The Morgan fingerprint density at radius 1 is 1.10 bits per heavy atom. The first-order valence-corrected chi connectivity index (χ1v) is 6.60. The minimum absolute atomic E-state index is 0.211. The van der Waals surface area contributed by atoms with Gasteiger partial charge in [0.25, 0.3) is 5.91 Å². The zero-order valence-corrected chi connectivity index (χ0v) is 12.1. The molecule has 1 aromatic carbocycles. The first-order chi connectivity index (χ1) is 9.11. The Bertz CT molecular complexity index is 478. The summed E-state index contributed by atoms with van der Waals surface area (Å²) in [6, 6.07) is 5.08. The number of hydrogen-bond donors (Lipinski definition) is 1. The highest BCUT2D eigenvalue weighted by Crippen LogP contribution is 2.27. The van der Waals surface area contributed by atoms with Crippen LogP contribution in [0.4, 0.5) is 13.2 Å². The lowest BCUT2D eigenvalue weighted by Gasteiger charge is -2.17. The summed E-state index contributed by atoms with van der Waals surface area (Å²) in [6.45, 7) is 6.78. The smallest absolute Gasteiger partial charge is 0.343 e. The molecule has 0 radical (unpaired) electrons. The van der Waals surface area contributed by atoms with Crippen molar-refractivity contribution in [3.05, 3.63) is 34.9 Å². The van der Waals surface area contributed by atoms with Crippen molar-refractivity contribution in [1.82, 2.24) is 5.32 Å². The van der Waals surface area contributed by atoms with Gasteiger partial charge in [0.1, 0.15) is 6.54 Å². The Morgan fingerprint density at radius 2 is 1.65 bits per heavy atom. The fourth-order valence-electron chi connectivity index (χ4n) is 2.02. The maximum atomic E-state index is 12.1. The van der Waals surface area contributed by atoms with Crippen molar-refractivity contribution in [2.45, 2.75) is 45.7 Å². The van der Waals surface area contributed by atoms with E-state index in [1.54, 1.807) is 12.1 Å². The molecule has 0 aliphatic heterocycles. The number of halogens is 3. The molecule has 0 saturated heterocycles. The minimum Gasteiger partial charge on any atom is -0.343 e. The Balaban J connectivity index is 2.97. The molecule has 0 unspecified atom stereocenters. The van der Waals surface area contributed by atoms with Crippen molar-refractivity contribution >= 4 is 5.91 Å². The van der Waals surface area contributed by atoms with Crippen molar-refractivity contribution in [2.75, 3.05) is 6.54 Å². The van der Waals surface area contributed by atoms with E-state index in [2.05, 4.69) is 0 Å². The first-order valence-electron chi connectivity index (χ1n) is 6.60. The van der Waals surface area contributed by atoms with Gasteiger partial charge in [0, 0.05) is 5.56 Å². The van der Waals surface area contributed by atoms with Gasteiger partial charge >= 0.3 is 6.18 Å². The van der Waals surface area contributed by atoms with E-state index < -0.39 is 18.6 Å². The van der Waals surface area contributed by atoms with Gasteiger partial charge in [-0.05, 0) is 35.1 Å². The molecule has 1 N–H and O–H groups in total. The summed E-state index contributed by atoms with van der Waals surface area (Å²) in [4.78, 5) is 11.7. The second kappa shape index (κ2) is 6.29. The average Bonchev–Trinajstić information content (AvgIpc) is 2.34. The molecule has 0 aliphatic carbocycles. The van der Waals surface area contributed by atoms with Crippen molar-refractivity contribution in [2.24, 2.45) is 0 Å². The van der Waals surface area contributed by atoms with Crippen molar-refractivity contribution in [1.29, 1.82) is 0 Å². The van der Waals surface area contributed by atoms with Crippen LogP contribution in [-0.4, -0.2) is 18.6 Å². The molecule has 2 nitrogen and oxygen atoms in total. The second-order valence-electron chi connectivity index (χ2n) is 5.45. The van der Waals surface area contributed by atoms with Gasteiger partial charge in [-0.1, -0.05) is 33.8 Å². The molecule has 0 saturated carbocycles. The molecule has 0 fully saturated rings. The normalized spacial score (nSPS) is 12.1. The third-order valence-corrected chi connectivity index (χ3v) is 3.04. The Hall–Kier alpha value is -1.52. The van der Waals surface area contributed by atoms with Crippen LogP contribution in [0.5, 0.6) is 0 Å². The van der Waals surface area contributed by atoms with E-state index in [4.69, 9.17) is 0 Å². The van der Waals surface area contributed by atoms with Gasteiger partial charge in [-0.25, -0.2) is 0 Å². The summed E-state index contributed by atoms with van der Waals surface area (Å²) < 4.78 is 36.3. The van der Waals surface area contributed by atoms with E-state index in [0.29, 0.717) is 5.92 Å². The maximum absolute atomic E-state index is 12.1. The minimum atomic E-state index is -4.39. The van der Waals surface area contributed by atoms with Crippen LogP contribution in [0.15, 0.2) is 18.2 Å². The fourth-order valence-corrected chi connectivity index (χ4v) is 2.02. The number of rotatable bonds is 4. The molecule has 112 valence electrons. The number of alkyl halides is 3. The molecule has 1 rings (SSSR count). The fraction of sp³-hybridized carbons (Fsp3) is 0.533. The third kappa shape index (κ3) is 4.54. The number of amides is 1. The van der Waals surface area contributed by atoms with Crippen LogP contribution >= 0.6 is 0 Å². The van der Waals surface area contributed by atoms with Crippen molar-refractivity contribution in [3.8, 4) is 0 Å². The number of hydrogen-bond acceptors (Lipinski definition) is 1. The summed E-state index contributed by atoms with van der Waals surface area (Å²) in [5, 5.41) is 1.89. The van der Waals surface area contributed by atoms with Crippen LogP contribution in [0, 0.1) is 0 Å². The quantitative estimate of drug-likeness (QED) is 0.882. The standard InChI is InChI=1S/C15H20F3NO/c1-9(2)12-6-5-11(7-13(12)10(3)4)14(20)19-8-15(16,17)18/h5-7,9-10H,8H2,1-4H3,(H,19,20). The topological polar surface area (TPSA) is 29.1 Å². The van der Waals surface area contributed by atoms with Crippen LogP contribution in [0.1, 0.15) is 61.0 Å². The molecule has 1 aromatic rings. The molecule has 0 bridgehead atoms. The number of benzene rings is 1. The van der Waals surface area contributed by atoms with E-state index >= 15 is 0 Å². The molecule has 1 amide bonds. The zero-order chi connectivity index (χ0) is 15.5. The van der Waals surface area contributed by atoms with E-state index in [1.165, 1.54) is 0 Å². The Kier molecular flexibility index (Phi) is 5.20. The number of carbonyl (C=O) groups excluding carboxylic acids is 1. The maximum Gasteiger partial charge on any atom is 0.405 e. The van der Waals surface area contributed by atoms with Crippen LogP contribution in [0.3, 0.4) is 0 Å². The van der Waals surface area contributed by atoms with Crippen LogP contribution in [0.2, 0.25) is 0 Å². The predicted molar refractivity (Wildman–Crippen MR) is 73.0 cm³/mol. The molecular weight excluding hydrogens is 267 g/mol. The molecule has 0 aliphatic rings. The van der Waals surface area contributed by atoms with Gasteiger partial charge < -0.3 is 5.32 Å². The van der Waals surface area contributed by atoms with Gasteiger partial charge in [-0.2, -0.15) is 13.2 Å². The largest absolute Gasteiger partial charge is 0.405 e. The van der Waals surface area contributed by atoms with Crippen molar-refractivity contribution < 1.29 is 18.0 Å². The average molecular weight is 287 g/mol. The lowest BCUT2D eigenvalue weighted by Crippen LogP contribution is -2.33. The molecular formula is C15H20F3NO. The monoisotopic (exact) mass is 287 g/mol. The zero-order valence-electron chi connectivity index (χ0n) is 12.1. The van der Waals surface area contributed by atoms with Gasteiger partial charge in [0.2, 0.25) is 0 Å². The van der Waals surface area contributed by atoms with E-state index in [0.717, 1.165) is 11.1 Å². The van der Waals surface area contributed by atoms with Crippen molar-refractivity contribution in [3.63, 3.8) is 0 Å². The molecule has 0 heterocycles. The Morgan fingerprint density at radius 3 is 2.10 bits per heavy atom. The highest BCUT2D eigenvalue weighted by atomic mass is 19.4. The summed E-state index contributed by atoms with van der Waals surface area (Å²) >= 11 is 0. The van der Waals surface area contributed by atoms with Gasteiger partial charge in [-0.15, -0.1) is 0 Å². The highest BCUT2D eigenvalue weighted by Gasteiger charge is 2.28. The van der Waals surface area contributed by atoms with Gasteiger partial charge in [-0.3, -0.25) is 4.79 Å². The van der Waals surface area contributed by atoms with E-state index in [-0.39, 0.29) is 11.5 Å². The summed E-state index contributed by atoms with van der Waals surface area (Å²) in [5.41, 5.74) is 2.38. The molecule has 5 heteroatoms. The van der Waals surface area contributed by atoms with Gasteiger partial charge in [0.15, 0.2) is 0 Å². The van der Waals surface area contributed by atoms with Crippen LogP contribution < -0.4 is 5.32 Å².